The number of aromatic nitrogens is 1. The Morgan fingerprint density at radius 2 is 2.16 bits per heavy atom. The summed E-state index contributed by atoms with van der Waals surface area (Å²) in [6, 6.07) is 5.35. The topological polar surface area (TPSA) is 59.5 Å². The lowest BCUT2D eigenvalue weighted by Gasteiger charge is -2.26. The average molecular weight is 276 g/mol. The number of carbonyl (C=O) groups excluding carboxylic acids is 2. The third-order valence-corrected chi connectivity index (χ3v) is 3.99. The molecule has 0 unspecified atom stereocenters. The van der Waals surface area contributed by atoms with Crippen molar-refractivity contribution in [3.05, 3.63) is 28.8 Å². The van der Waals surface area contributed by atoms with Crippen LogP contribution in [0.2, 0.25) is 0 Å². The number of rotatable bonds is 2. The fourth-order valence-corrected chi connectivity index (χ4v) is 2.90. The number of nitrogens with zero attached hydrogens (tertiary/aromatic N) is 2. The van der Waals surface area contributed by atoms with Crippen molar-refractivity contribution in [1.82, 2.24) is 9.88 Å². The number of hydrogen-bond donors (Lipinski definition) is 0. The van der Waals surface area contributed by atoms with Crippen LogP contribution in [0.1, 0.15) is 20.2 Å². The third-order valence-electron chi connectivity index (χ3n) is 3.05. The summed E-state index contributed by atoms with van der Waals surface area (Å²) < 4.78 is 6.10. The Morgan fingerprint density at radius 1 is 1.37 bits per heavy atom. The van der Waals surface area contributed by atoms with E-state index in [1.54, 1.807) is 23.1 Å². The second kappa shape index (κ2) is 5.07. The maximum Gasteiger partial charge on any atom is 0.254 e. The standard InChI is InChI=1S/C13H12N2O3S/c16-8-12-14-10-2-1-9(7-11(10)19-12)13(17)15-3-5-18-6-4-15/h1-2,7-8H,3-6H2. The first kappa shape index (κ1) is 12.3. The quantitative estimate of drug-likeness (QED) is 0.781. The van der Waals surface area contributed by atoms with E-state index in [1.807, 2.05) is 0 Å². The van der Waals surface area contributed by atoms with Gasteiger partial charge in [-0.3, -0.25) is 9.59 Å². The van der Waals surface area contributed by atoms with Crippen molar-refractivity contribution >= 4 is 33.7 Å². The summed E-state index contributed by atoms with van der Waals surface area (Å²) in [5.41, 5.74) is 1.39. The maximum absolute atomic E-state index is 12.3. The molecule has 0 N–H and O–H groups in total. The van der Waals surface area contributed by atoms with Crippen LogP contribution in [0.25, 0.3) is 10.2 Å². The van der Waals surface area contributed by atoms with Gasteiger partial charge in [0.05, 0.1) is 23.4 Å². The van der Waals surface area contributed by atoms with Crippen molar-refractivity contribution in [2.24, 2.45) is 0 Å². The van der Waals surface area contributed by atoms with Gasteiger partial charge in [-0.25, -0.2) is 4.98 Å². The Labute approximate surface area is 113 Å². The molecule has 0 radical (unpaired) electrons. The zero-order chi connectivity index (χ0) is 13.2. The van der Waals surface area contributed by atoms with Crippen LogP contribution < -0.4 is 0 Å². The molecular formula is C13H12N2O3S. The van der Waals surface area contributed by atoms with Gasteiger partial charge in [-0.15, -0.1) is 11.3 Å². The summed E-state index contributed by atoms with van der Waals surface area (Å²) in [5, 5.41) is 0.436. The number of benzene rings is 1. The molecule has 5 nitrogen and oxygen atoms in total. The van der Waals surface area contributed by atoms with E-state index in [-0.39, 0.29) is 5.91 Å². The number of ether oxygens (including phenoxy) is 1. The summed E-state index contributed by atoms with van der Waals surface area (Å²) in [4.78, 5) is 28.9. The van der Waals surface area contributed by atoms with Gasteiger partial charge in [0.1, 0.15) is 0 Å². The van der Waals surface area contributed by atoms with Crippen LogP contribution in [-0.2, 0) is 4.74 Å². The number of carbonyl (C=O) groups is 2. The van der Waals surface area contributed by atoms with Crippen molar-refractivity contribution < 1.29 is 14.3 Å². The molecule has 0 bridgehead atoms. The molecular weight excluding hydrogens is 264 g/mol. The molecule has 6 heteroatoms. The molecule has 0 saturated carbocycles. The number of hydrogen-bond acceptors (Lipinski definition) is 5. The molecule has 1 saturated heterocycles. The van der Waals surface area contributed by atoms with Crippen molar-refractivity contribution in [3.8, 4) is 0 Å². The first-order valence-electron chi connectivity index (χ1n) is 6.01. The van der Waals surface area contributed by atoms with Gasteiger partial charge in [0.2, 0.25) is 0 Å². The minimum absolute atomic E-state index is 0.00579. The minimum atomic E-state index is 0.00579. The Kier molecular flexibility index (Phi) is 3.27. The molecule has 1 aliphatic rings. The predicted octanol–water partition coefficient (Wildman–Crippen LogP) is 1.58. The largest absolute Gasteiger partial charge is 0.378 e. The molecule has 1 fully saturated rings. The first-order valence-corrected chi connectivity index (χ1v) is 6.82. The average Bonchev–Trinajstić information content (AvgIpc) is 2.89. The normalized spacial score (nSPS) is 15.7. The van der Waals surface area contributed by atoms with E-state index in [4.69, 9.17) is 4.74 Å². The van der Waals surface area contributed by atoms with Crippen molar-refractivity contribution in [2.75, 3.05) is 26.3 Å². The van der Waals surface area contributed by atoms with Gasteiger partial charge < -0.3 is 9.64 Å². The highest BCUT2D eigenvalue weighted by atomic mass is 32.1. The maximum atomic E-state index is 12.3. The van der Waals surface area contributed by atoms with E-state index in [1.165, 1.54) is 11.3 Å². The van der Waals surface area contributed by atoms with E-state index in [0.717, 1.165) is 16.5 Å². The Hall–Kier alpha value is -1.79. The van der Waals surface area contributed by atoms with Gasteiger partial charge in [-0.05, 0) is 18.2 Å². The highest BCUT2D eigenvalue weighted by Gasteiger charge is 2.19. The van der Waals surface area contributed by atoms with Crippen LogP contribution in [0, 0.1) is 0 Å². The zero-order valence-corrected chi connectivity index (χ0v) is 11.0. The molecule has 1 amide bonds. The Balaban J connectivity index is 1.91. The fraction of sp³-hybridized carbons (Fsp3) is 0.308. The summed E-state index contributed by atoms with van der Waals surface area (Å²) in [7, 11) is 0. The molecule has 0 atom stereocenters. The number of morpholine rings is 1. The number of thiazole rings is 1. The molecule has 19 heavy (non-hydrogen) atoms. The minimum Gasteiger partial charge on any atom is -0.378 e. The summed E-state index contributed by atoms with van der Waals surface area (Å²) in [6.45, 7) is 2.42. The number of aldehydes is 1. The van der Waals surface area contributed by atoms with Gasteiger partial charge in [-0.1, -0.05) is 0 Å². The Bertz CT molecular complexity index is 632. The number of fused-ring (bicyclic) bond motifs is 1. The molecule has 98 valence electrons. The molecule has 1 aromatic carbocycles. The van der Waals surface area contributed by atoms with E-state index < -0.39 is 0 Å². The van der Waals surface area contributed by atoms with Crippen LogP contribution in [0.3, 0.4) is 0 Å². The molecule has 1 aliphatic heterocycles. The predicted molar refractivity (Wildman–Crippen MR) is 71.7 cm³/mol. The SMILES string of the molecule is O=Cc1nc2ccc(C(=O)N3CCOCC3)cc2s1. The lowest BCUT2D eigenvalue weighted by atomic mass is 10.2. The van der Waals surface area contributed by atoms with E-state index in [0.29, 0.717) is 36.9 Å². The van der Waals surface area contributed by atoms with E-state index in [2.05, 4.69) is 4.98 Å². The zero-order valence-electron chi connectivity index (χ0n) is 10.2. The van der Waals surface area contributed by atoms with Crippen LogP contribution in [0.15, 0.2) is 18.2 Å². The fourth-order valence-electron chi connectivity index (χ4n) is 2.07. The monoisotopic (exact) mass is 276 g/mol. The number of amides is 1. The van der Waals surface area contributed by atoms with Crippen LogP contribution in [-0.4, -0.2) is 48.4 Å². The van der Waals surface area contributed by atoms with Crippen LogP contribution in [0.4, 0.5) is 0 Å². The molecule has 3 rings (SSSR count). The second-order valence-electron chi connectivity index (χ2n) is 4.26. The van der Waals surface area contributed by atoms with Crippen molar-refractivity contribution in [3.63, 3.8) is 0 Å². The third kappa shape index (κ3) is 2.36. The van der Waals surface area contributed by atoms with Gasteiger partial charge in [0.25, 0.3) is 5.91 Å². The van der Waals surface area contributed by atoms with Crippen LogP contribution in [0.5, 0.6) is 0 Å². The molecule has 1 aromatic heterocycles. The smallest absolute Gasteiger partial charge is 0.254 e. The second-order valence-corrected chi connectivity index (χ2v) is 5.32. The van der Waals surface area contributed by atoms with Crippen LogP contribution >= 0.6 is 11.3 Å². The van der Waals surface area contributed by atoms with Gasteiger partial charge in [0.15, 0.2) is 11.3 Å². The molecule has 2 aromatic rings. The Morgan fingerprint density at radius 3 is 2.89 bits per heavy atom. The van der Waals surface area contributed by atoms with Gasteiger partial charge in [-0.2, -0.15) is 0 Å². The summed E-state index contributed by atoms with van der Waals surface area (Å²) in [6.07, 6.45) is 0.730. The molecule has 2 heterocycles. The summed E-state index contributed by atoms with van der Waals surface area (Å²) >= 11 is 1.30. The summed E-state index contributed by atoms with van der Waals surface area (Å²) in [5.74, 6) is 0.00579. The van der Waals surface area contributed by atoms with Crippen molar-refractivity contribution in [2.45, 2.75) is 0 Å². The lowest BCUT2D eigenvalue weighted by Crippen LogP contribution is -2.40. The van der Waals surface area contributed by atoms with Gasteiger partial charge >= 0.3 is 0 Å². The first-order chi connectivity index (χ1) is 9.28. The van der Waals surface area contributed by atoms with Gasteiger partial charge in [0, 0.05) is 18.7 Å². The highest BCUT2D eigenvalue weighted by Crippen LogP contribution is 2.23. The molecule has 0 aliphatic carbocycles. The van der Waals surface area contributed by atoms with E-state index >= 15 is 0 Å². The molecule has 0 spiro atoms. The lowest BCUT2D eigenvalue weighted by molar-refractivity contribution is 0.0303. The van der Waals surface area contributed by atoms with E-state index in [9.17, 15) is 9.59 Å². The highest BCUT2D eigenvalue weighted by molar-refractivity contribution is 7.20. The van der Waals surface area contributed by atoms with Crippen molar-refractivity contribution in [1.29, 1.82) is 0 Å².